The normalized spacial score (nSPS) is 9.50. The Morgan fingerprint density at radius 1 is 1.05 bits per heavy atom. The van der Waals surface area contributed by atoms with E-state index in [9.17, 15) is 14.4 Å². The highest BCUT2D eigenvalue weighted by Gasteiger charge is 2.17. The molecule has 7 nitrogen and oxygen atoms in total. The zero-order valence-corrected chi connectivity index (χ0v) is 11.3. The van der Waals surface area contributed by atoms with Gasteiger partial charge in [-0.05, 0) is 26.0 Å². The van der Waals surface area contributed by atoms with Gasteiger partial charge < -0.3 is 9.47 Å². The number of rotatable bonds is 4. The molecule has 20 heavy (non-hydrogen) atoms. The monoisotopic (exact) mass is 280 g/mol. The third-order valence-electron chi connectivity index (χ3n) is 2.18. The van der Waals surface area contributed by atoms with E-state index in [0.29, 0.717) is 12.4 Å². The van der Waals surface area contributed by atoms with Crippen molar-refractivity contribution in [1.29, 1.82) is 0 Å². The Kier molecular flexibility index (Phi) is 6.02. The first-order valence-electron chi connectivity index (χ1n) is 6.09. The maximum atomic E-state index is 11.9. The molecule has 0 aliphatic rings. The van der Waals surface area contributed by atoms with Crippen LogP contribution in [0.25, 0.3) is 0 Å². The van der Waals surface area contributed by atoms with Gasteiger partial charge in [0.1, 0.15) is 5.75 Å². The fourth-order valence-corrected chi connectivity index (χ4v) is 1.36. The molecule has 0 spiro atoms. The van der Waals surface area contributed by atoms with Crippen LogP contribution >= 0.6 is 0 Å². The molecule has 2 N–H and O–H groups in total. The van der Waals surface area contributed by atoms with Crippen LogP contribution < -0.4 is 15.6 Å². The maximum absolute atomic E-state index is 11.9. The Bertz CT molecular complexity index is 501. The van der Waals surface area contributed by atoms with Crippen LogP contribution in [0.3, 0.4) is 0 Å². The van der Waals surface area contributed by atoms with E-state index in [2.05, 4.69) is 10.2 Å². The summed E-state index contributed by atoms with van der Waals surface area (Å²) in [5.74, 6) is -2.32. The van der Waals surface area contributed by atoms with E-state index >= 15 is 0 Å². The van der Waals surface area contributed by atoms with Crippen LogP contribution in [0.1, 0.15) is 24.2 Å². The van der Waals surface area contributed by atoms with Gasteiger partial charge in [0.2, 0.25) is 0 Å². The Morgan fingerprint density at radius 3 is 2.40 bits per heavy atom. The van der Waals surface area contributed by atoms with Gasteiger partial charge in [0.05, 0.1) is 18.8 Å². The second-order valence-electron chi connectivity index (χ2n) is 3.56. The summed E-state index contributed by atoms with van der Waals surface area (Å²) in [6, 6.07) is 6.55. The molecule has 0 saturated carbocycles. The van der Waals surface area contributed by atoms with Crippen molar-refractivity contribution in [3.63, 3.8) is 0 Å². The molecule has 1 aromatic rings. The molecule has 0 radical (unpaired) electrons. The number of nitrogens with one attached hydrogen (secondary N) is 2. The minimum atomic E-state index is -1.06. The first kappa shape index (κ1) is 15.5. The Morgan fingerprint density at radius 2 is 1.75 bits per heavy atom. The molecule has 0 heterocycles. The largest absolute Gasteiger partial charge is 0.493 e. The Labute approximate surface area is 116 Å². The van der Waals surface area contributed by atoms with Gasteiger partial charge >= 0.3 is 11.9 Å². The fraction of sp³-hybridized carbons (Fsp3) is 0.308. The average Bonchev–Trinajstić information content (AvgIpc) is 2.45. The average molecular weight is 280 g/mol. The Balaban J connectivity index is 2.63. The zero-order chi connectivity index (χ0) is 15.0. The van der Waals surface area contributed by atoms with E-state index < -0.39 is 17.8 Å². The number of hydrazine groups is 1. The van der Waals surface area contributed by atoms with Crippen molar-refractivity contribution >= 4 is 17.8 Å². The molecule has 7 heteroatoms. The van der Waals surface area contributed by atoms with Crippen molar-refractivity contribution in [2.45, 2.75) is 13.8 Å². The van der Waals surface area contributed by atoms with Crippen LogP contribution in [0, 0.1) is 0 Å². The van der Waals surface area contributed by atoms with Gasteiger partial charge in [-0.15, -0.1) is 0 Å². The molecular weight excluding hydrogens is 264 g/mol. The summed E-state index contributed by atoms with van der Waals surface area (Å²) in [5.41, 5.74) is 4.33. The second-order valence-corrected chi connectivity index (χ2v) is 3.56. The lowest BCUT2D eigenvalue weighted by atomic mass is 10.2. The third kappa shape index (κ3) is 4.27. The SMILES string of the molecule is CCOC(=O)C(=O)NNC(=O)c1ccccc1OCC. The predicted molar refractivity (Wildman–Crippen MR) is 69.9 cm³/mol. The molecule has 1 aromatic carbocycles. The molecule has 0 aliphatic heterocycles. The molecule has 0 atom stereocenters. The highest BCUT2D eigenvalue weighted by Crippen LogP contribution is 2.17. The molecule has 0 aromatic heterocycles. The minimum absolute atomic E-state index is 0.0768. The molecule has 0 aliphatic carbocycles. The van der Waals surface area contributed by atoms with Crippen LogP contribution in [0.5, 0.6) is 5.75 Å². The van der Waals surface area contributed by atoms with Crippen molar-refractivity contribution in [3.8, 4) is 5.75 Å². The van der Waals surface area contributed by atoms with E-state index in [4.69, 9.17) is 4.74 Å². The first-order valence-corrected chi connectivity index (χ1v) is 6.09. The van der Waals surface area contributed by atoms with E-state index in [1.54, 1.807) is 32.0 Å². The minimum Gasteiger partial charge on any atom is -0.493 e. The lowest BCUT2D eigenvalue weighted by Crippen LogP contribution is -2.45. The summed E-state index contributed by atoms with van der Waals surface area (Å²) >= 11 is 0. The molecule has 1 rings (SSSR count). The molecule has 108 valence electrons. The summed E-state index contributed by atoms with van der Waals surface area (Å²) in [4.78, 5) is 34.2. The van der Waals surface area contributed by atoms with Crippen molar-refractivity contribution in [1.82, 2.24) is 10.9 Å². The number of esters is 1. The number of hydrogen-bond donors (Lipinski definition) is 2. The van der Waals surface area contributed by atoms with Crippen LogP contribution in [0.4, 0.5) is 0 Å². The van der Waals surface area contributed by atoms with Gasteiger partial charge in [0.25, 0.3) is 5.91 Å². The summed E-state index contributed by atoms with van der Waals surface area (Å²) < 4.78 is 9.76. The molecular formula is C13H16N2O5. The molecule has 0 saturated heterocycles. The van der Waals surface area contributed by atoms with Gasteiger partial charge in [-0.25, -0.2) is 4.79 Å². The van der Waals surface area contributed by atoms with Gasteiger partial charge in [0.15, 0.2) is 0 Å². The Hall–Kier alpha value is -2.57. The number of benzene rings is 1. The summed E-state index contributed by atoms with van der Waals surface area (Å²) in [6.45, 7) is 3.84. The molecule has 0 unspecified atom stereocenters. The number of carbonyl (C=O) groups is 3. The number of amides is 2. The van der Waals surface area contributed by atoms with Gasteiger partial charge in [-0.2, -0.15) is 0 Å². The highest BCUT2D eigenvalue weighted by atomic mass is 16.5. The lowest BCUT2D eigenvalue weighted by molar-refractivity contribution is -0.154. The van der Waals surface area contributed by atoms with Crippen LogP contribution in [0.15, 0.2) is 24.3 Å². The highest BCUT2D eigenvalue weighted by molar-refractivity contribution is 6.32. The van der Waals surface area contributed by atoms with Crippen LogP contribution in [0.2, 0.25) is 0 Å². The van der Waals surface area contributed by atoms with Crippen molar-refractivity contribution < 1.29 is 23.9 Å². The first-order chi connectivity index (χ1) is 9.60. The number of para-hydroxylation sites is 1. The number of ether oxygens (including phenoxy) is 2. The van der Waals surface area contributed by atoms with E-state index in [-0.39, 0.29) is 12.2 Å². The van der Waals surface area contributed by atoms with Crippen molar-refractivity contribution in [3.05, 3.63) is 29.8 Å². The van der Waals surface area contributed by atoms with Crippen LogP contribution in [-0.4, -0.2) is 31.0 Å². The third-order valence-corrected chi connectivity index (χ3v) is 2.18. The second kappa shape index (κ2) is 7.78. The quantitative estimate of drug-likeness (QED) is 0.473. The standard InChI is InChI=1S/C13H16N2O5/c1-3-19-10-8-6-5-7-9(10)11(16)14-15-12(17)13(18)20-4-2/h5-8H,3-4H2,1-2H3,(H,14,16)(H,15,17). The fourth-order valence-electron chi connectivity index (χ4n) is 1.36. The van der Waals surface area contributed by atoms with Crippen LogP contribution in [-0.2, 0) is 14.3 Å². The summed E-state index contributed by atoms with van der Waals surface area (Å²) in [6.07, 6.45) is 0. The molecule has 0 bridgehead atoms. The van der Waals surface area contributed by atoms with E-state index in [1.165, 1.54) is 6.07 Å². The number of hydrogen-bond acceptors (Lipinski definition) is 5. The summed E-state index contributed by atoms with van der Waals surface area (Å²) in [7, 11) is 0. The molecule has 2 amide bonds. The smallest absolute Gasteiger partial charge is 0.398 e. The van der Waals surface area contributed by atoms with Gasteiger partial charge in [-0.3, -0.25) is 20.4 Å². The van der Waals surface area contributed by atoms with Gasteiger partial charge in [0, 0.05) is 0 Å². The van der Waals surface area contributed by atoms with E-state index in [0.717, 1.165) is 0 Å². The lowest BCUT2D eigenvalue weighted by Gasteiger charge is -2.10. The maximum Gasteiger partial charge on any atom is 0.398 e. The predicted octanol–water partition coefficient (Wildman–Crippen LogP) is 0.409. The van der Waals surface area contributed by atoms with E-state index in [1.807, 2.05) is 5.43 Å². The summed E-state index contributed by atoms with van der Waals surface area (Å²) in [5, 5.41) is 0. The van der Waals surface area contributed by atoms with Crippen molar-refractivity contribution in [2.24, 2.45) is 0 Å². The van der Waals surface area contributed by atoms with Gasteiger partial charge in [-0.1, -0.05) is 12.1 Å². The zero-order valence-electron chi connectivity index (χ0n) is 11.3. The molecule has 0 fully saturated rings. The van der Waals surface area contributed by atoms with Crippen molar-refractivity contribution in [2.75, 3.05) is 13.2 Å². The number of carbonyl (C=O) groups excluding carboxylic acids is 3. The topological polar surface area (TPSA) is 93.7 Å².